The van der Waals surface area contributed by atoms with Gasteiger partial charge in [0.15, 0.2) is 0 Å². The molecule has 140 valence electrons. The van der Waals surface area contributed by atoms with E-state index in [1.54, 1.807) is 24.8 Å². The molecule has 0 unspecified atom stereocenters. The van der Waals surface area contributed by atoms with E-state index in [4.69, 9.17) is 15.0 Å². The van der Waals surface area contributed by atoms with Crippen LogP contribution in [0.1, 0.15) is 30.9 Å². The zero-order chi connectivity index (χ0) is 19.7. The fraction of sp³-hybridized carbons (Fsp3) is 0.167. The van der Waals surface area contributed by atoms with Crippen LogP contribution in [0.2, 0.25) is 0 Å². The molecule has 0 spiro atoms. The van der Waals surface area contributed by atoms with Crippen LogP contribution in [0.3, 0.4) is 0 Å². The lowest BCUT2D eigenvalue weighted by molar-refractivity contribution is 0.870. The molecule has 0 radical (unpaired) electrons. The van der Waals surface area contributed by atoms with Crippen molar-refractivity contribution in [1.82, 2.24) is 9.97 Å². The zero-order valence-electron chi connectivity index (χ0n) is 16.1. The Morgan fingerprint density at radius 3 is 2.24 bits per heavy atom. The number of hydrogen-bond acceptors (Lipinski definition) is 4. The Kier molecular flexibility index (Phi) is 3.54. The molecule has 0 fully saturated rings. The molecule has 0 N–H and O–H groups in total. The Bertz CT molecular complexity index is 1510. The van der Waals surface area contributed by atoms with E-state index >= 15 is 0 Å². The van der Waals surface area contributed by atoms with Gasteiger partial charge in [0, 0.05) is 61.8 Å². The lowest BCUT2D eigenvalue weighted by Gasteiger charge is -2.20. The van der Waals surface area contributed by atoms with Gasteiger partial charge >= 0.3 is 0 Å². The minimum atomic E-state index is 0.402. The quantitative estimate of drug-likeness (QED) is 0.215. The normalized spacial score (nSPS) is 13.9. The van der Waals surface area contributed by atoms with Crippen molar-refractivity contribution in [1.29, 1.82) is 0 Å². The maximum absolute atomic E-state index is 4.82. The summed E-state index contributed by atoms with van der Waals surface area (Å²) in [5.41, 5.74) is 5.35. The summed E-state index contributed by atoms with van der Waals surface area (Å²) in [7, 11) is 0. The third-order valence-electron chi connectivity index (χ3n) is 5.88. The average Bonchev–Trinajstić information content (AvgIpc) is 2.99. The molecule has 0 saturated carbocycles. The summed E-state index contributed by atoms with van der Waals surface area (Å²) < 4.78 is 1.03. The fourth-order valence-corrected chi connectivity index (χ4v) is 5.03. The Balaban J connectivity index is 2.02. The summed E-state index contributed by atoms with van der Waals surface area (Å²) in [6, 6.07) is 8.94. The Morgan fingerprint density at radius 2 is 1.48 bits per heavy atom. The minimum Gasteiger partial charge on any atom is -0.287 e. The summed E-state index contributed by atoms with van der Waals surface area (Å²) in [4.78, 5) is 18.9. The summed E-state index contributed by atoms with van der Waals surface area (Å²) in [5, 5.41) is 7.08. The first kappa shape index (κ1) is 17.0. The molecular weight excluding hydrogens is 424 g/mol. The third kappa shape index (κ3) is 2.31. The maximum Gasteiger partial charge on any atom is 0.0972 e. The molecule has 1 aromatic heterocycles. The van der Waals surface area contributed by atoms with Crippen LogP contribution in [0.4, 0.5) is 5.69 Å². The van der Waals surface area contributed by atoms with Crippen molar-refractivity contribution < 1.29 is 0 Å². The van der Waals surface area contributed by atoms with Crippen LogP contribution in [0.25, 0.3) is 43.4 Å². The molecule has 0 bridgehead atoms. The molecule has 29 heavy (non-hydrogen) atoms. The number of hydrogen-bond donors (Lipinski definition) is 0. The number of nitrogens with zero attached hydrogens (tertiary/aromatic N) is 4. The molecule has 1 aliphatic heterocycles. The molecule has 6 rings (SSSR count). The van der Waals surface area contributed by atoms with E-state index in [2.05, 4.69) is 59.0 Å². The number of benzene rings is 4. The van der Waals surface area contributed by atoms with Crippen LogP contribution in [-0.4, -0.2) is 22.4 Å². The molecule has 2 heterocycles. The van der Waals surface area contributed by atoms with E-state index in [0.29, 0.717) is 12.5 Å². The van der Waals surface area contributed by atoms with Crippen molar-refractivity contribution in [3.63, 3.8) is 0 Å². The van der Waals surface area contributed by atoms with E-state index in [9.17, 15) is 0 Å². The largest absolute Gasteiger partial charge is 0.287 e. The van der Waals surface area contributed by atoms with Crippen LogP contribution in [-0.2, 0) is 6.54 Å². The molecule has 5 aromatic rings. The van der Waals surface area contributed by atoms with E-state index in [1.807, 2.05) is 0 Å². The first-order valence-corrected chi connectivity index (χ1v) is 10.5. The van der Waals surface area contributed by atoms with E-state index in [-0.39, 0.29) is 0 Å². The highest BCUT2D eigenvalue weighted by Gasteiger charge is 2.22. The van der Waals surface area contributed by atoms with Gasteiger partial charge in [-0.3, -0.25) is 20.0 Å². The lowest BCUT2D eigenvalue weighted by atomic mass is 9.86. The smallest absolute Gasteiger partial charge is 0.0972 e. The predicted octanol–water partition coefficient (Wildman–Crippen LogP) is 6.70. The van der Waals surface area contributed by atoms with Crippen LogP contribution in [0.15, 0.2) is 51.1 Å². The van der Waals surface area contributed by atoms with E-state index in [0.717, 1.165) is 32.0 Å². The molecule has 0 amide bonds. The van der Waals surface area contributed by atoms with Crippen molar-refractivity contribution in [2.45, 2.75) is 26.3 Å². The van der Waals surface area contributed by atoms with Crippen molar-refractivity contribution in [3.05, 3.63) is 52.3 Å². The van der Waals surface area contributed by atoms with Gasteiger partial charge < -0.3 is 0 Å². The van der Waals surface area contributed by atoms with Crippen molar-refractivity contribution >= 4 is 77.4 Å². The second-order valence-electron chi connectivity index (χ2n) is 7.87. The SMILES string of the molecule is CC(C)c1cc2c3c(c4cc(Br)cc5c6nccnc6c(c1)c2c45)CN=CC=N3. The molecule has 0 atom stereocenters. The minimum absolute atomic E-state index is 0.402. The van der Waals surface area contributed by atoms with Crippen molar-refractivity contribution in [2.24, 2.45) is 9.98 Å². The van der Waals surface area contributed by atoms with Crippen molar-refractivity contribution in [3.8, 4) is 0 Å². The fourth-order valence-electron chi connectivity index (χ4n) is 4.57. The highest BCUT2D eigenvalue weighted by atomic mass is 79.9. The van der Waals surface area contributed by atoms with Gasteiger partial charge in [0.25, 0.3) is 0 Å². The van der Waals surface area contributed by atoms with Crippen LogP contribution in [0.5, 0.6) is 0 Å². The molecular formula is C24H17BrN4. The van der Waals surface area contributed by atoms with Gasteiger partial charge in [0.2, 0.25) is 0 Å². The molecule has 0 aliphatic carbocycles. The Hall–Kier alpha value is -2.92. The number of aliphatic imine (C=N–C) groups is 2. The molecule has 5 heteroatoms. The topological polar surface area (TPSA) is 50.5 Å². The number of aromatic nitrogens is 2. The van der Waals surface area contributed by atoms with Gasteiger partial charge in [-0.1, -0.05) is 29.8 Å². The zero-order valence-corrected chi connectivity index (χ0v) is 17.7. The van der Waals surface area contributed by atoms with Gasteiger partial charge in [0.05, 0.1) is 23.3 Å². The standard InChI is InChI=1S/C24H17BrN4/c1-12(2)13-7-16-21-17(8-13)23-24(29-6-5-28-23)18-10-14(25)9-15(20(18)21)19-11-26-3-4-27-22(16)19/h3-10,12H,11H2,1-2H3. The first-order chi connectivity index (χ1) is 14.1. The number of rotatable bonds is 1. The summed E-state index contributed by atoms with van der Waals surface area (Å²) in [5.74, 6) is 0.402. The van der Waals surface area contributed by atoms with Gasteiger partial charge in [-0.25, -0.2) is 0 Å². The first-order valence-electron chi connectivity index (χ1n) is 9.73. The van der Waals surface area contributed by atoms with E-state index in [1.165, 1.54) is 32.7 Å². The monoisotopic (exact) mass is 440 g/mol. The van der Waals surface area contributed by atoms with Gasteiger partial charge in [-0.15, -0.1) is 0 Å². The maximum atomic E-state index is 4.82. The highest BCUT2D eigenvalue weighted by molar-refractivity contribution is 9.10. The van der Waals surface area contributed by atoms with E-state index < -0.39 is 0 Å². The highest BCUT2D eigenvalue weighted by Crippen LogP contribution is 2.48. The average molecular weight is 441 g/mol. The summed E-state index contributed by atoms with van der Waals surface area (Å²) >= 11 is 3.71. The molecule has 0 saturated heterocycles. The lowest BCUT2D eigenvalue weighted by Crippen LogP contribution is -1.97. The van der Waals surface area contributed by atoms with Crippen molar-refractivity contribution in [2.75, 3.05) is 0 Å². The molecule has 1 aliphatic rings. The molecule has 4 nitrogen and oxygen atoms in total. The number of halogens is 1. The summed E-state index contributed by atoms with van der Waals surface area (Å²) in [6.07, 6.45) is 7.15. The van der Waals surface area contributed by atoms with Gasteiger partial charge in [-0.05, 0) is 41.1 Å². The van der Waals surface area contributed by atoms with Crippen LogP contribution >= 0.6 is 15.9 Å². The second-order valence-corrected chi connectivity index (χ2v) is 8.79. The van der Waals surface area contributed by atoms with Gasteiger partial charge in [-0.2, -0.15) is 0 Å². The second kappa shape index (κ2) is 6.04. The van der Waals surface area contributed by atoms with Crippen LogP contribution < -0.4 is 0 Å². The Morgan fingerprint density at radius 1 is 0.828 bits per heavy atom. The third-order valence-corrected chi connectivity index (χ3v) is 6.34. The van der Waals surface area contributed by atoms with Crippen LogP contribution in [0, 0.1) is 0 Å². The molecule has 4 aromatic carbocycles. The number of fused-ring (bicyclic) bond motifs is 6. The Labute approximate surface area is 175 Å². The summed E-state index contributed by atoms with van der Waals surface area (Å²) in [6.45, 7) is 5.07. The predicted molar refractivity (Wildman–Crippen MR) is 125 cm³/mol. The van der Waals surface area contributed by atoms with Gasteiger partial charge in [0.1, 0.15) is 0 Å².